The first-order valence-corrected chi connectivity index (χ1v) is 11.6. The molecule has 0 aliphatic carbocycles. The largest absolute Gasteiger partial charge is 0.465 e. The van der Waals surface area contributed by atoms with E-state index >= 15 is 0 Å². The summed E-state index contributed by atoms with van der Waals surface area (Å²) in [6.45, 7) is 5.74. The minimum absolute atomic E-state index is 0.0831. The van der Waals surface area contributed by atoms with Gasteiger partial charge in [0.2, 0.25) is 5.95 Å². The molecular formula is C24H23ClF3N3O2S. The van der Waals surface area contributed by atoms with E-state index < -0.39 is 22.9 Å². The van der Waals surface area contributed by atoms with E-state index in [4.69, 9.17) is 16.3 Å². The first-order chi connectivity index (χ1) is 16.0. The van der Waals surface area contributed by atoms with Gasteiger partial charge < -0.3 is 4.74 Å². The van der Waals surface area contributed by atoms with Crippen LogP contribution in [0.4, 0.5) is 19.1 Å². The summed E-state index contributed by atoms with van der Waals surface area (Å²) in [5.41, 5.74) is 0.792. The number of halogens is 4. The number of aromatic nitrogens is 2. The highest BCUT2D eigenvalue weighted by molar-refractivity contribution is 8.00. The van der Waals surface area contributed by atoms with Crippen LogP contribution in [-0.4, -0.2) is 23.0 Å². The van der Waals surface area contributed by atoms with Crippen molar-refractivity contribution in [3.63, 3.8) is 0 Å². The summed E-state index contributed by atoms with van der Waals surface area (Å²) in [5, 5.41) is -0.692. The number of ether oxygens (including phenoxy) is 1. The molecule has 0 spiro atoms. The molecule has 0 aliphatic heterocycles. The Bertz CT molecular complexity index is 1200. The van der Waals surface area contributed by atoms with Crippen molar-refractivity contribution in [1.29, 1.82) is 0 Å². The van der Waals surface area contributed by atoms with Crippen molar-refractivity contribution >= 4 is 35.5 Å². The molecule has 34 heavy (non-hydrogen) atoms. The molecule has 2 aromatic carbocycles. The van der Waals surface area contributed by atoms with Crippen LogP contribution < -0.4 is 4.72 Å². The maximum absolute atomic E-state index is 14.0. The Morgan fingerprint density at radius 2 is 1.88 bits per heavy atom. The molecule has 5 nitrogen and oxygen atoms in total. The molecule has 1 aromatic heterocycles. The van der Waals surface area contributed by atoms with Crippen molar-refractivity contribution in [3.8, 4) is 11.3 Å². The fourth-order valence-corrected chi connectivity index (χ4v) is 4.41. The molecule has 0 saturated carbocycles. The summed E-state index contributed by atoms with van der Waals surface area (Å²) < 4.78 is 49.6. The number of alkyl halides is 3. The highest BCUT2D eigenvalue weighted by Crippen LogP contribution is 2.43. The van der Waals surface area contributed by atoms with Crippen LogP contribution in [0.15, 0.2) is 47.4 Å². The molecular weight excluding hydrogens is 487 g/mol. The fourth-order valence-electron chi connectivity index (χ4n) is 3.50. The average Bonchev–Trinajstić information content (AvgIpc) is 2.75. The van der Waals surface area contributed by atoms with Crippen LogP contribution in [0.25, 0.3) is 11.3 Å². The first-order valence-electron chi connectivity index (χ1n) is 10.4. The zero-order chi connectivity index (χ0) is 25.0. The molecule has 0 atom stereocenters. The van der Waals surface area contributed by atoms with Crippen LogP contribution >= 0.6 is 23.5 Å². The number of nitrogens with zero attached hydrogens (tertiary/aromatic N) is 2. The summed E-state index contributed by atoms with van der Waals surface area (Å²) >= 11 is 7.10. The molecule has 10 heteroatoms. The second-order valence-corrected chi connectivity index (χ2v) is 9.23. The minimum atomic E-state index is -4.75. The number of aryl methyl sites for hydroxylation is 1. The number of hydrogen-bond donors (Lipinski definition) is 1. The molecule has 0 bridgehead atoms. The molecule has 3 rings (SSSR count). The van der Waals surface area contributed by atoms with E-state index in [1.54, 1.807) is 43.3 Å². The molecule has 180 valence electrons. The van der Waals surface area contributed by atoms with E-state index in [0.717, 1.165) is 17.5 Å². The summed E-state index contributed by atoms with van der Waals surface area (Å²) in [6.07, 6.45) is -4.17. The van der Waals surface area contributed by atoms with Crippen LogP contribution in [0.3, 0.4) is 0 Å². The quantitative estimate of drug-likeness (QED) is 0.206. The van der Waals surface area contributed by atoms with Crippen LogP contribution in [0.2, 0.25) is 5.15 Å². The van der Waals surface area contributed by atoms with Gasteiger partial charge in [0.1, 0.15) is 10.7 Å². The topological polar surface area (TPSA) is 64.1 Å². The Kier molecular flexibility index (Phi) is 8.09. The van der Waals surface area contributed by atoms with Gasteiger partial charge >= 0.3 is 12.1 Å². The zero-order valence-electron chi connectivity index (χ0n) is 19.0. The van der Waals surface area contributed by atoms with Gasteiger partial charge in [0.25, 0.3) is 0 Å². The third kappa shape index (κ3) is 6.01. The standard InChI is InChI=1S/C24H23ClF3N3O2S/c1-13(2)11-15-8-5-7-14(3)18(15)20-19(24(26,27)28)21(25)30-23(29-20)31-34-17-10-6-9-16(12-17)22(32)33-4/h5-10,12-13H,11H2,1-4H3,(H,29,30,31). The summed E-state index contributed by atoms with van der Waals surface area (Å²) in [5.74, 6) is -0.363. The molecule has 0 aliphatic rings. The number of carbonyl (C=O) groups is 1. The lowest BCUT2D eigenvalue weighted by molar-refractivity contribution is -0.137. The van der Waals surface area contributed by atoms with Gasteiger partial charge in [-0.3, -0.25) is 4.72 Å². The zero-order valence-corrected chi connectivity index (χ0v) is 20.5. The number of rotatable bonds is 7. The van der Waals surface area contributed by atoms with E-state index in [9.17, 15) is 18.0 Å². The van der Waals surface area contributed by atoms with E-state index in [1.807, 2.05) is 19.9 Å². The smallest absolute Gasteiger partial charge is 0.421 e. The fraction of sp³-hybridized carbons (Fsp3) is 0.292. The van der Waals surface area contributed by atoms with Gasteiger partial charge in [0.15, 0.2) is 0 Å². The van der Waals surface area contributed by atoms with Gasteiger partial charge in [-0.2, -0.15) is 18.2 Å². The number of hydrogen-bond acceptors (Lipinski definition) is 6. The van der Waals surface area contributed by atoms with E-state index in [2.05, 4.69) is 14.7 Å². The van der Waals surface area contributed by atoms with Gasteiger partial charge in [0.05, 0.1) is 18.4 Å². The van der Waals surface area contributed by atoms with Gasteiger partial charge in [-0.25, -0.2) is 9.78 Å². The number of carbonyl (C=O) groups excluding carboxylic acids is 1. The van der Waals surface area contributed by atoms with Crippen LogP contribution in [-0.2, 0) is 17.3 Å². The van der Waals surface area contributed by atoms with E-state index in [-0.39, 0.29) is 17.6 Å². The van der Waals surface area contributed by atoms with Crippen molar-refractivity contribution in [2.24, 2.45) is 5.92 Å². The molecule has 3 aromatic rings. The highest BCUT2D eigenvalue weighted by atomic mass is 35.5. The summed E-state index contributed by atoms with van der Waals surface area (Å²) in [4.78, 5) is 20.5. The summed E-state index contributed by atoms with van der Waals surface area (Å²) in [7, 11) is 1.28. The normalized spacial score (nSPS) is 11.6. The number of benzene rings is 2. The third-order valence-electron chi connectivity index (χ3n) is 4.89. The second-order valence-electron chi connectivity index (χ2n) is 7.99. The predicted molar refractivity (Wildman–Crippen MR) is 128 cm³/mol. The number of methoxy groups -OCH3 is 1. The van der Waals surface area contributed by atoms with Gasteiger partial charge in [-0.05, 0) is 60.5 Å². The molecule has 0 amide bonds. The van der Waals surface area contributed by atoms with Crippen LogP contribution in [0.1, 0.15) is 40.9 Å². The highest BCUT2D eigenvalue weighted by Gasteiger charge is 2.39. The average molecular weight is 510 g/mol. The lowest BCUT2D eigenvalue weighted by atomic mass is 9.91. The lowest BCUT2D eigenvalue weighted by Gasteiger charge is -2.19. The van der Waals surface area contributed by atoms with Crippen molar-refractivity contribution in [1.82, 2.24) is 9.97 Å². The Morgan fingerprint density at radius 3 is 2.53 bits per heavy atom. The van der Waals surface area contributed by atoms with Crippen LogP contribution in [0.5, 0.6) is 0 Å². The minimum Gasteiger partial charge on any atom is -0.465 e. The molecule has 0 saturated heterocycles. The molecule has 1 heterocycles. The van der Waals surface area contributed by atoms with Crippen molar-refractivity contribution < 1.29 is 22.7 Å². The maximum atomic E-state index is 14.0. The predicted octanol–water partition coefficient (Wildman–Crippen LogP) is 7.23. The Morgan fingerprint density at radius 1 is 1.18 bits per heavy atom. The Labute approximate surface area is 205 Å². The second kappa shape index (κ2) is 10.7. The van der Waals surface area contributed by atoms with Crippen molar-refractivity contribution in [2.75, 3.05) is 11.8 Å². The Balaban J connectivity index is 2.07. The number of anilines is 1. The summed E-state index contributed by atoms with van der Waals surface area (Å²) in [6, 6.07) is 11.9. The van der Waals surface area contributed by atoms with E-state index in [0.29, 0.717) is 28.0 Å². The molecule has 1 N–H and O–H groups in total. The number of esters is 1. The van der Waals surface area contributed by atoms with Crippen molar-refractivity contribution in [2.45, 2.75) is 38.3 Å². The first kappa shape index (κ1) is 25.8. The lowest BCUT2D eigenvalue weighted by Crippen LogP contribution is -2.14. The Hall–Kier alpha value is -2.78. The maximum Gasteiger partial charge on any atom is 0.421 e. The monoisotopic (exact) mass is 509 g/mol. The SMILES string of the molecule is COC(=O)c1cccc(SNc2nc(Cl)c(C(F)(F)F)c(-c3c(C)cccc3CC(C)C)n2)c1. The molecule has 0 radical (unpaired) electrons. The van der Waals surface area contributed by atoms with Crippen molar-refractivity contribution in [3.05, 3.63) is 69.9 Å². The third-order valence-corrected chi connectivity index (χ3v) is 5.94. The molecule has 0 fully saturated rings. The molecule has 0 unspecified atom stereocenters. The van der Waals surface area contributed by atoms with Crippen LogP contribution in [0, 0.1) is 12.8 Å². The van der Waals surface area contributed by atoms with E-state index in [1.165, 1.54) is 7.11 Å². The van der Waals surface area contributed by atoms with Gasteiger partial charge in [-0.1, -0.05) is 49.7 Å². The number of nitrogens with one attached hydrogen (secondary N) is 1. The van der Waals surface area contributed by atoms with Gasteiger partial charge in [0, 0.05) is 10.5 Å². The van der Waals surface area contributed by atoms with Gasteiger partial charge in [-0.15, -0.1) is 0 Å².